The molecule has 2 heterocycles. The van der Waals surface area contributed by atoms with Crippen molar-refractivity contribution in [3.63, 3.8) is 0 Å². The number of benzene rings is 3. The van der Waals surface area contributed by atoms with Gasteiger partial charge >= 0.3 is 5.97 Å². The number of nitrogens with zero attached hydrogens (tertiary/aromatic N) is 1. The number of phenolic OH excluding ortho intramolecular Hbond substituents is 1. The van der Waals surface area contributed by atoms with Crippen molar-refractivity contribution in [2.24, 2.45) is 0 Å². The minimum Gasteiger partial charge on any atom is -0.502 e. The summed E-state index contributed by atoms with van der Waals surface area (Å²) in [7, 11) is 11.7. The monoisotopic (exact) mass is 721 g/mol. The first-order chi connectivity index (χ1) is 25.0. The molecule has 14 heteroatoms. The summed E-state index contributed by atoms with van der Waals surface area (Å²) in [5, 5.41) is 21.7. The zero-order valence-electron chi connectivity index (χ0n) is 30.4. The Hall–Kier alpha value is -5.76. The highest BCUT2D eigenvalue weighted by atomic mass is 16.5. The minimum atomic E-state index is -1.03. The SMILES string of the molecule is COC(=O)C[C@@H](c1cc(OC)c(O)c(OC)c1)c1oc(CN2CCc3cc(OC)c(OC)cc3[C@H]2c2cc(OC)c(OC)c(OC)c2)cc(=O)c1O. The lowest BCUT2D eigenvalue weighted by atomic mass is 9.87. The van der Waals surface area contributed by atoms with Crippen molar-refractivity contribution in [1.82, 2.24) is 4.90 Å². The molecule has 1 aliphatic heterocycles. The Kier molecular flexibility index (Phi) is 11.6. The molecule has 0 spiro atoms. The van der Waals surface area contributed by atoms with Crippen molar-refractivity contribution in [1.29, 1.82) is 0 Å². The number of phenols is 1. The van der Waals surface area contributed by atoms with E-state index in [1.54, 1.807) is 14.2 Å². The van der Waals surface area contributed by atoms with Crippen LogP contribution in [0.1, 0.15) is 52.2 Å². The van der Waals surface area contributed by atoms with E-state index in [0.29, 0.717) is 47.3 Å². The maximum atomic E-state index is 13.4. The van der Waals surface area contributed by atoms with Gasteiger partial charge in [-0.25, -0.2) is 0 Å². The average Bonchev–Trinajstić information content (AvgIpc) is 3.16. The third-order valence-corrected chi connectivity index (χ3v) is 9.15. The van der Waals surface area contributed by atoms with Gasteiger partial charge in [0.05, 0.1) is 81.8 Å². The van der Waals surface area contributed by atoms with Crippen LogP contribution in [0.5, 0.6) is 51.7 Å². The van der Waals surface area contributed by atoms with Crippen molar-refractivity contribution in [2.75, 3.05) is 63.4 Å². The van der Waals surface area contributed by atoms with E-state index in [1.165, 1.54) is 60.9 Å². The zero-order valence-corrected chi connectivity index (χ0v) is 30.4. The molecule has 4 aromatic rings. The van der Waals surface area contributed by atoms with Gasteiger partial charge in [-0.2, -0.15) is 0 Å². The normalized spacial score (nSPS) is 14.5. The largest absolute Gasteiger partial charge is 0.502 e. The third-order valence-electron chi connectivity index (χ3n) is 9.15. The predicted octanol–water partition coefficient (Wildman–Crippen LogP) is 4.95. The topological polar surface area (TPSA) is 165 Å². The van der Waals surface area contributed by atoms with Gasteiger partial charge in [0.25, 0.3) is 0 Å². The van der Waals surface area contributed by atoms with Gasteiger partial charge in [-0.1, -0.05) is 0 Å². The number of carbonyl (C=O) groups excluding carboxylic acids is 1. The van der Waals surface area contributed by atoms with Crippen molar-refractivity contribution < 1.29 is 57.3 Å². The van der Waals surface area contributed by atoms with Gasteiger partial charge in [0.2, 0.25) is 22.7 Å². The second-order valence-electron chi connectivity index (χ2n) is 11.9. The maximum absolute atomic E-state index is 13.4. The Labute approximate surface area is 300 Å². The van der Waals surface area contributed by atoms with Crippen molar-refractivity contribution in [3.05, 3.63) is 86.5 Å². The summed E-state index contributed by atoms with van der Waals surface area (Å²) >= 11 is 0. The standard InChI is InChI=1S/C38H43NO13/c1-44-27-11-20-9-10-39(34(24(20)17-28(27)45-2)22-14-31(48-5)38(51-8)32(15-22)49-6)19-23-16-26(40)35(42)37(52-23)25(18-33(41)50-7)21-12-29(46-3)36(43)30(13-21)47-4/h11-17,25,34,42-43H,9-10,18-19H2,1-8H3/t25-,34+/m0/s1. The second-order valence-corrected chi connectivity index (χ2v) is 11.9. The lowest BCUT2D eigenvalue weighted by Crippen LogP contribution is -2.36. The number of fused-ring (bicyclic) bond motifs is 1. The van der Waals surface area contributed by atoms with E-state index in [2.05, 4.69) is 4.90 Å². The number of ether oxygens (including phenoxy) is 8. The molecule has 0 fully saturated rings. The van der Waals surface area contributed by atoms with Gasteiger partial charge in [-0.15, -0.1) is 0 Å². The molecule has 2 N–H and O–H groups in total. The van der Waals surface area contributed by atoms with Gasteiger partial charge in [-0.05, 0) is 65.1 Å². The molecule has 14 nitrogen and oxygen atoms in total. The van der Waals surface area contributed by atoms with Crippen molar-refractivity contribution in [2.45, 2.75) is 31.3 Å². The fourth-order valence-corrected chi connectivity index (χ4v) is 6.61. The molecule has 0 saturated heterocycles. The van der Waals surface area contributed by atoms with Crippen LogP contribution in [0.4, 0.5) is 0 Å². The molecule has 52 heavy (non-hydrogen) atoms. The maximum Gasteiger partial charge on any atom is 0.306 e. The summed E-state index contributed by atoms with van der Waals surface area (Å²) < 4.78 is 50.3. The molecule has 0 radical (unpaired) electrons. The lowest BCUT2D eigenvalue weighted by Gasteiger charge is -2.38. The second kappa shape index (κ2) is 16.1. The van der Waals surface area contributed by atoms with E-state index in [1.807, 2.05) is 24.3 Å². The van der Waals surface area contributed by atoms with E-state index < -0.39 is 29.1 Å². The van der Waals surface area contributed by atoms with Gasteiger partial charge in [0.15, 0.2) is 40.3 Å². The first kappa shape index (κ1) is 37.5. The highest BCUT2D eigenvalue weighted by Crippen LogP contribution is 2.47. The molecule has 0 saturated carbocycles. The fraction of sp³-hybridized carbons (Fsp3) is 0.368. The van der Waals surface area contributed by atoms with Gasteiger partial charge < -0.3 is 52.5 Å². The van der Waals surface area contributed by atoms with E-state index in [9.17, 15) is 19.8 Å². The molecule has 278 valence electrons. The van der Waals surface area contributed by atoms with Crippen LogP contribution in [-0.4, -0.2) is 84.5 Å². The van der Waals surface area contributed by atoms with Crippen LogP contribution in [0, 0.1) is 0 Å². The number of methoxy groups -OCH3 is 8. The van der Waals surface area contributed by atoms with Crippen LogP contribution in [-0.2, 0) is 22.5 Å². The molecule has 5 rings (SSSR count). The summed E-state index contributed by atoms with van der Waals surface area (Å²) in [5.41, 5.74) is 2.36. The third kappa shape index (κ3) is 7.19. The summed E-state index contributed by atoms with van der Waals surface area (Å²) in [5.74, 6) is -0.00902. The Balaban J connectivity index is 1.67. The molecule has 3 aromatic carbocycles. The van der Waals surface area contributed by atoms with E-state index >= 15 is 0 Å². The highest BCUT2D eigenvalue weighted by Gasteiger charge is 2.34. The number of hydrogen-bond acceptors (Lipinski definition) is 14. The van der Waals surface area contributed by atoms with Gasteiger partial charge in [0.1, 0.15) is 5.76 Å². The van der Waals surface area contributed by atoms with Crippen molar-refractivity contribution >= 4 is 5.97 Å². The highest BCUT2D eigenvalue weighted by molar-refractivity contribution is 5.71. The molecule has 0 amide bonds. The van der Waals surface area contributed by atoms with E-state index in [4.69, 9.17) is 42.3 Å². The molecular formula is C38H43NO13. The van der Waals surface area contributed by atoms with E-state index in [0.717, 1.165) is 16.7 Å². The first-order valence-corrected chi connectivity index (χ1v) is 16.2. The molecule has 2 atom stereocenters. The Morgan fingerprint density at radius 1 is 0.750 bits per heavy atom. The van der Waals surface area contributed by atoms with E-state index in [-0.39, 0.29) is 41.7 Å². The van der Waals surface area contributed by atoms with Crippen LogP contribution < -0.4 is 38.6 Å². The van der Waals surface area contributed by atoms with Crippen LogP contribution in [0.15, 0.2) is 51.7 Å². The molecule has 0 unspecified atom stereocenters. The Bertz CT molecular complexity index is 1940. The fourth-order valence-electron chi connectivity index (χ4n) is 6.61. The quantitative estimate of drug-likeness (QED) is 0.168. The van der Waals surface area contributed by atoms with Crippen LogP contribution in [0.3, 0.4) is 0 Å². The Morgan fingerprint density at radius 2 is 1.33 bits per heavy atom. The smallest absolute Gasteiger partial charge is 0.306 e. The number of aromatic hydroxyl groups is 2. The van der Waals surface area contributed by atoms with Crippen molar-refractivity contribution in [3.8, 4) is 51.7 Å². The van der Waals surface area contributed by atoms with Crippen LogP contribution in [0.25, 0.3) is 0 Å². The summed E-state index contributed by atoms with van der Waals surface area (Å²) in [6.07, 6.45) is 0.296. The van der Waals surface area contributed by atoms with Gasteiger partial charge in [-0.3, -0.25) is 14.5 Å². The summed E-state index contributed by atoms with van der Waals surface area (Å²) in [4.78, 5) is 28.2. The number of rotatable bonds is 14. The number of esters is 1. The van der Waals surface area contributed by atoms with Crippen LogP contribution in [0.2, 0.25) is 0 Å². The summed E-state index contributed by atoms with van der Waals surface area (Å²) in [6.45, 7) is 0.618. The predicted molar refractivity (Wildman–Crippen MR) is 188 cm³/mol. The average molecular weight is 722 g/mol. The number of hydrogen-bond donors (Lipinski definition) is 2. The number of carbonyl (C=O) groups is 1. The molecule has 0 bridgehead atoms. The molecule has 1 aliphatic rings. The lowest BCUT2D eigenvalue weighted by molar-refractivity contribution is -0.140. The molecule has 0 aliphatic carbocycles. The first-order valence-electron chi connectivity index (χ1n) is 16.2. The van der Waals surface area contributed by atoms with Crippen LogP contribution >= 0.6 is 0 Å². The zero-order chi connectivity index (χ0) is 37.7. The minimum absolute atomic E-state index is 0.0504. The molecular weight excluding hydrogens is 678 g/mol. The summed E-state index contributed by atoms with van der Waals surface area (Å²) in [6, 6.07) is 11.3. The molecule has 1 aromatic heterocycles. The van der Waals surface area contributed by atoms with Gasteiger partial charge in [0, 0.05) is 12.6 Å². The Morgan fingerprint density at radius 3 is 1.87 bits per heavy atom.